The SMILES string of the molecule is c1cnc(N2CCN(Cc3noc4ccccc34)CC2)nc1. The van der Waals surface area contributed by atoms with E-state index in [-0.39, 0.29) is 0 Å². The van der Waals surface area contributed by atoms with Crippen LogP contribution in [0.25, 0.3) is 11.0 Å². The van der Waals surface area contributed by atoms with Gasteiger partial charge in [-0.25, -0.2) is 9.97 Å². The van der Waals surface area contributed by atoms with Crippen molar-refractivity contribution in [2.24, 2.45) is 0 Å². The number of rotatable bonds is 3. The van der Waals surface area contributed by atoms with Crippen LogP contribution in [0.15, 0.2) is 47.2 Å². The van der Waals surface area contributed by atoms with Gasteiger partial charge in [-0.05, 0) is 18.2 Å². The Morgan fingerprint density at radius 2 is 1.73 bits per heavy atom. The predicted molar refractivity (Wildman–Crippen MR) is 83.5 cm³/mol. The molecule has 0 saturated carbocycles. The minimum absolute atomic E-state index is 0.814. The number of piperazine rings is 1. The molecule has 3 aromatic rings. The van der Waals surface area contributed by atoms with E-state index in [1.165, 1.54) is 0 Å². The van der Waals surface area contributed by atoms with Crippen LogP contribution in [-0.2, 0) is 6.54 Å². The van der Waals surface area contributed by atoms with Gasteiger partial charge in [0.15, 0.2) is 5.58 Å². The van der Waals surface area contributed by atoms with Gasteiger partial charge in [0.2, 0.25) is 5.95 Å². The quantitative estimate of drug-likeness (QED) is 0.736. The average Bonchev–Trinajstić information content (AvgIpc) is 3.00. The molecule has 1 aliphatic heterocycles. The summed E-state index contributed by atoms with van der Waals surface area (Å²) < 4.78 is 5.37. The number of hydrogen-bond acceptors (Lipinski definition) is 6. The maximum atomic E-state index is 5.37. The third kappa shape index (κ3) is 2.53. The molecule has 0 N–H and O–H groups in total. The molecule has 112 valence electrons. The zero-order valence-corrected chi connectivity index (χ0v) is 12.2. The van der Waals surface area contributed by atoms with E-state index in [0.29, 0.717) is 0 Å². The zero-order chi connectivity index (χ0) is 14.8. The molecular formula is C16H17N5O. The van der Waals surface area contributed by atoms with Crippen molar-refractivity contribution in [1.29, 1.82) is 0 Å². The Morgan fingerprint density at radius 3 is 2.55 bits per heavy atom. The lowest BCUT2D eigenvalue weighted by Gasteiger charge is -2.34. The van der Waals surface area contributed by atoms with Crippen LogP contribution in [0.2, 0.25) is 0 Å². The highest BCUT2D eigenvalue weighted by atomic mass is 16.5. The van der Waals surface area contributed by atoms with E-state index >= 15 is 0 Å². The second-order valence-corrected chi connectivity index (χ2v) is 5.44. The molecule has 2 aromatic heterocycles. The fraction of sp³-hybridized carbons (Fsp3) is 0.312. The van der Waals surface area contributed by atoms with Gasteiger partial charge < -0.3 is 9.42 Å². The molecule has 6 nitrogen and oxygen atoms in total. The largest absolute Gasteiger partial charge is 0.356 e. The fourth-order valence-corrected chi connectivity index (χ4v) is 2.82. The molecule has 0 amide bonds. The smallest absolute Gasteiger partial charge is 0.225 e. The molecule has 1 aliphatic rings. The summed E-state index contributed by atoms with van der Waals surface area (Å²) >= 11 is 0. The molecule has 1 fully saturated rings. The van der Waals surface area contributed by atoms with Crippen LogP contribution in [0.1, 0.15) is 5.69 Å². The summed E-state index contributed by atoms with van der Waals surface area (Å²) in [6.45, 7) is 4.62. The third-order valence-corrected chi connectivity index (χ3v) is 4.03. The number of hydrogen-bond donors (Lipinski definition) is 0. The maximum absolute atomic E-state index is 5.37. The van der Waals surface area contributed by atoms with Crippen molar-refractivity contribution in [1.82, 2.24) is 20.0 Å². The van der Waals surface area contributed by atoms with E-state index in [2.05, 4.69) is 31.0 Å². The lowest BCUT2D eigenvalue weighted by atomic mass is 10.2. The Bertz CT molecular complexity index is 749. The van der Waals surface area contributed by atoms with Crippen LogP contribution in [0, 0.1) is 0 Å². The summed E-state index contributed by atoms with van der Waals surface area (Å²) in [7, 11) is 0. The van der Waals surface area contributed by atoms with E-state index in [1.807, 2.05) is 24.3 Å². The zero-order valence-electron chi connectivity index (χ0n) is 12.2. The molecule has 1 aromatic carbocycles. The Morgan fingerprint density at radius 1 is 0.955 bits per heavy atom. The van der Waals surface area contributed by atoms with Gasteiger partial charge in [-0.15, -0.1) is 0 Å². The van der Waals surface area contributed by atoms with E-state index in [4.69, 9.17) is 4.52 Å². The van der Waals surface area contributed by atoms with Crippen molar-refractivity contribution in [3.63, 3.8) is 0 Å². The first-order valence-electron chi connectivity index (χ1n) is 7.48. The number of para-hydroxylation sites is 1. The summed E-state index contributed by atoms with van der Waals surface area (Å²) in [5.41, 5.74) is 1.87. The maximum Gasteiger partial charge on any atom is 0.225 e. The van der Waals surface area contributed by atoms with Gasteiger partial charge in [0.25, 0.3) is 0 Å². The summed E-state index contributed by atoms with van der Waals surface area (Å²) in [5, 5.41) is 5.32. The molecule has 0 aliphatic carbocycles. The van der Waals surface area contributed by atoms with Crippen LogP contribution in [-0.4, -0.2) is 46.2 Å². The molecule has 4 rings (SSSR count). The molecule has 3 heterocycles. The number of aromatic nitrogens is 3. The first kappa shape index (κ1) is 13.2. The van der Waals surface area contributed by atoms with Crippen molar-refractivity contribution >= 4 is 16.9 Å². The normalized spacial score (nSPS) is 16.3. The van der Waals surface area contributed by atoms with Crippen LogP contribution in [0.5, 0.6) is 0 Å². The molecule has 0 radical (unpaired) electrons. The monoisotopic (exact) mass is 295 g/mol. The fourth-order valence-electron chi connectivity index (χ4n) is 2.82. The standard InChI is InChI=1S/C16H17N5O/c1-2-5-15-13(4-1)14(19-22-15)12-20-8-10-21(11-9-20)16-17-6-3-7-18-16/h1-7H,8-12H2. The van der Waals surface area contributed by atoms with E-state index in [1.54, 1.807) is 12.4 Å². The number of fused-ring (bicyclic) bond motifs is 1. The molecular weight excluding hydrogens is 278 g/mol. The molecule has 0 bridgehead atoms. The van der Waals surface area contributed by atoms with E-state index < -0.39 is 0 Å². The molecule has 0 spiro atoms. The van der Waals surface area contributed by atoms with Crippen LogP contribution >= 0.6 is 0 Å². The van der Waals surface area contributed by atoms with Gasteiger partial charge in [0.1, 0.15) is 5.69 Å². The molecule has 1 saturated heterocycles. The first-order valence-corrected chi connectivity index (χ1v) is 7.48. The Labute approximate surface area is 128 Å². The van der Waals surface area contributed by atoms with Gasteiger partial charge in [-0.1, -0.05) is 17.3 Å². The van der Waals surface area contributed by atoms with E-state index in [9.17, 15) is 0 Å². The van der Waals surface area contributed by atoms with Gasteiger partial charge in [0.05, 0.1) is 0 Å². The Balaban J connectivity index is 1.42. The summed E-state index contributed by atoms with van der Waals surface area (Å²) in [6, 6.07) is 9.85. The van der Waals surface area contributed by atoms with Crippen molar-refractivity contribution < 1.29 is 4.52 Å². The topological polar surface area (TPSA) is 58.3 Å². The first-order chi connectivity index (χ1) is 10.9. The molecule has 6 heteroatoms. The second kappa shape index (κ2) is 5.73. The lowest BCUT2D eigenvalue weighted by Crippen LogP contribution is -2.46. The number of benzene rings is 1. The van der Waals surface area contributed by atoms with Crippen molar-refractivity contribution in [2.45, 2.75) is 6.54 Å². The van der Waals surface area contributed by atoms with Crippen LogP contribution in [0.4, 0.5) is 5.95 Å². The second-order valence-electron chi connectivity index (χ2n) is 5.44. The van der Waals surface area contributed by atoms with Crippen LogP contribution in [0.3, 0.4) is 0 Å². The Hall–Kier alpha value is -2.47. The lowest BCUT2D eigenvalue weighted by molar-refractivity contribution is 0.242. The van der Waals surface area contributed by atoms with Gasteiger partial charge in [-0.2, -0.15) is 0 Å². The predicted octanol–water partition coefficient (Wildman–Crippen LogP) is 1.94. The third-order valence-electron chi connectivity index (χ3n) is 4.03. The van der Waals surface area contributed by atoms with E-state index in [0.717, 1.165) is 55.3 Å². The highest BCUT2D eigenvalue weighted by molar-refractivity contribution is 5.79. The van der Waals surface area contributed by atoms with Gasteiger partial charge in [-0.3, -0.25) is 4.90 Å². The highest BCUT2D eigenvalue weighted by Crippen LogP contribution is 2.20. The van der Waals surface area contributed by atoms with Crippen molar-refractivity contribution in [3.8, 4) is 0 Å². The Kier molecular flexibility index (Phi) is 3.44. The van der Waals surface area contributed by atoms with Crippen LogP contribution < -0.4 is 4.90 Å². The minimum Gasteiger partial charge on any atom is -0.356 e. The molecule has 0 unspecified atom stereocenters. The number of nitrogens with zero attached hydrogens (tertiary/aromatic N) is 5. The highest BCUT2D eigenvalue weighted by Gasteiger charge is 2.20. The molecule has 0 atom stereocenters. The van der Waals surface area contributed by atoms with Crippen molar-refractivity contribution in [2.75, 3.05) is 31.1 Å². The van der Waals surface area contributed by atoms with Gasteiger partial charge >= 0.3 is 0 Å². The summed E-state index contributed by atoms with van der Waals surface area (Å²) in [5.74, 6) is 0.814. The summed E-state index contributed by atoms with van der Waals surface area (Å²) in [4.78, 5) is 13.2. The van der Waals surface area contributed by atoms with Crippen molar-refractivity contribution in [3.05, 3.63) is 48.4 Å². The molecule has 22 heavy (non-hydrogen) atoms. The summed E-state index contributed by atoms with van der Waals surface area (Å²) in [6.07, 6.45) is 3.58. The average molecular weight is 295 g/mol. The number of anilines is 1. The van der Waals surface area contributed by atoms with Gasteiger partial charge in [0, 0.05) is 50.5 Å². The minimum atomic E-state index is 0.814.